The predicted octanol–water partition coefficient (Wildman–Crippen LogP) is 1.12. The standard InChI is InChI=1S/C15H22N2O4.ClH/c1-3-21-14-8-11(4-5-13(14)19-2)9-17-15(18)12-10-20-7-6-16-12;/h4-5,8,12,16H,3,6-7,9-10H2,1-2H3,(H,17,18);1H. The minimum atomic E-state index is -0.275. The molecule has 1 atom stereocenters. The third-order valence-corrected chi connectivity index (χ3v) is 3.23. The molecule has 1 amide bonds. The Labute approximate surface area is 136 Å². The second-order valence-electron chi connectivity index (χ2n) is 4.72. The molecule has 124 valence electrons. The summed E-state index contributed by atoms with van der Waals surface area (Å²) in [6.45, 7) is 4.70. The fraction of sp³-hybridized carbons (Fsp3) is 0.533. The van der Waals surface area contributed by atoms with Crippen molar-refractivity contribution >= 4 is 18.3 Å². The molecular weight excluding hydrogens is 308 g/mol. The van der Waals surface area contributed by atoms with Crippen molar-refractivity contribution in [2.75, 3.05) is 33.5 Å². The number of carbonyl (C=O) groups is 1. The number of carbonyl (C=O) groups excluding carboxylic acids is 1. The smallest absolute Gasteiger partial charge is 0.239 e. The molecule has 22 heavy (non-hydrogen) atoms. The molecule has 1 aliphatic rings. The van der Waals surface area contributed by atoms with Gasteiger partial charge in [-0.05, 0) is 24.6 Å². The number of ether oxygens (including phenoxy) is 3. The molecule has 7 heteroatoms. The van der Waals surface area contributed by atoms with Gasteiger partial charge in [0.15, 0.2) is 11.5 Å². The number of amides is 1. The van der Waals surface area contributed by atoms with Crippen LogP contribution in [0.1, 0.15) is 12.5 Å². The fourth-order valence-corrected chi connectivity index (χ4v) is 2.15. The van der Waals surface area contributed by atoms with Gasteiger partial charge in [0.25, 0.3) is 0 Å². The Balaban J connectivity index is 0.00000242. The van der Waals surface area contributed by atoms with Crippen molar-refractivity contribution in [2.45, 2.75) is 19.5 Å². The molecule has 2 N–H and O–H groups in total. The summed E-state index contributed by atoms with van der Waals surface area (Å²) in [7, 11) is 1.61. The number of benzene rings is 1. The first kappa shape index (κ1) is 18.5. The first-order valence-electron chi connectivity index (χ1n) is 7.13. The lowest BCUT2D eigenvalue weighted by Gasteiger charge is -2.23. The molecular formula is C15H23ClN2O4. The van der Waals surface area contributed by atoms with Crippen molar-refractivity contribution in [3.8, 4) is 11.5 Å². The maximum absolute atomic E-state index is 12.0. The van der Waals surface area contributed by atoms with Crippen molar-refractivity contribution in [3.05, 3.63) is 23.8 Å². The van der Waals surface area contributed by atoms with E-state index in [0.29, 0.717) is 44.4 Å². The zero-order chi connectivity index (χ0) is 15.1. The molecule has 1 aliphatic heterocycles. The molecule has 1 aromatic carbocycles. The number of hydrogen-bond acceptors (Lipinski definition) is 5. The van der Waals surface area contributed by atoms with Crippen molar-refractivity contribution < 1.29 is 19.0 Å². The van der Waals surface area contributed by atoms with Gasteiger partial charge in [-0.2, -0.15) is 0 Å². The van der Waals surface area contributed by atoms with Gasteiger partial charge in [0.1, 0.15) is 6.04 Å². The second-order valence-corrected chi connectivity index (χ2v) is 4.72. The fourth-order valence-electron chi connectivity index (χ4n) is 2.15. The lowest BCUT2D eigenvalue weighted by molar-refractivity contribution is -0.126. The van der Waals surface area contributed by atoms with Crippen LogP contribution >= 0.6 is 12.4 Å². The van der Waals surface area contributed by atoms with E-state index >= 15 is 0 Å². The van der Waals surface area contributed by atoms with Crippen molar-refractivity contribution in [2.24, 2.45) is 0 Å². The number of hydrogen-bond donors (Lipinski definition) is 2. The van der Waals surface area contributed by atoms with E-state index in [1.807, 2.05) is 25.1 Å². The van der Waals surface area contributed by atoms with Crippen LogP contribution in [0.15, 0.2) is 18.2 Å². The summed E-state index contributed by atoms with van der Waals surface area (Å²) in [6, 6.07) is 5.36. The molecule has 0 bridgehead atoms. The van der Waals surface area contributed by atoms with Crippen LogP contribution in [0.5, 0.6) is 11.5 Å². The zero-order valence-corrected chi connectivity index (χ0v) is 13.7. The average molecular weight is 331 g/mol. The van der Waals surface area contributed by atoms with E-state index in [1.54, 1.807) is 7.11 Å². The molecule has 0 aliphatic carbocycles. The molecule has 0 spiro atoms. The maximum Gasteiger partial charge on any atom is 0.239 e. The normalized spacial score (nSPS) is 17.3. The van der Waals surface area contributed by atoms with Gasteiger partial charge in [-0.15, -0.1) is 12.4 Å². The van der Waals surface area contributed by atoms with Gasteiger partial charge in [0, 0.05) is 13.1 Å². The molecule has 0 aromatic heterocycles. The Morgan fingerprint density at radius 2 is 2.27 bits per heavy atom. The summed E-state index contributed by atoms with van der Waals surface area (Å²) in [5, 5.41) is 6.02. The summed E-state index contributed by atoms with van der Waals surface area (Å²) < 4.78 is 16.0. The van der Waals surface area contributed by atoms with Crippen LogP contribution in [-0.4, -0.2) is 45.4 Å². The summed E-state index contributed by atoms with van der Waals surface area (Å²) in [5.74, 6) is 1.32. The number of nitrogens with one attached hydrogen (secondary N) is 2. The highest BCUT2D eigenvalue weighted by Gasteiger charge is 2.20. The van der Waals surface area contributed by atoms with Gasteiger partial charge in [-0.3, -0.25) is 4.79 Å². The van der Waals surface area contributed by atoms with E-state index in [0.717, 1.165) is 5.56 Å². The van der Waals surface area contributed by atoms with E-state index in [4.69, 9.17) is 14.2 Å². The highest BCUT2D eigenvalue weighted by atomic mass is 35.5. The first-order chi connectivity index (χ1) is 10.2. The summed E-state index contributed by atoms with van der Waals surface area (Å²) in [4.78, 5) is 12.0. The minimum Gasteiger partial charge on any atom is -0.493 e. The van der Waals surface area contributed by atoms with Crippen LogP contribution in [-0.2, 0) is 16.1 Å². The largest absolute Gasteiger partial charge is 0.493 e. The second kappa shape index (κ2) is 9.50. The third-order valence-electron chi connectivity index (χ3n) is 3.23. The minimum absolute atomic E-state index is 0. The average Bonchev–Trinajstić information content (AvgIpc) is 2.54. The zero-order valence-electron chi connectivity index (χ0n) is 12.9. The summed E-state index contributed by atoms with van der Waals surface area (Å²) >= 11 is 0. The van der Waals surface area contributed by atoms with Gasteiger partial charge >= 0.3 is 0 Å². The van der Waals surface area contributed by atoms with Gasteiger partial charge in [-0.1, -0.05) is 6.07 Å². The maximum atomic E-state index is 12.0. The topological polar surface area (TPSA) is 68.8 Å². The Morgan fingerprint density at radius 1 is 1.45 bits per heavy atom. The Bertz CT molecular complexity index is 479. The Morgan fingerprint density at radius 3 is 2.91 bits per heavy atom. The quantitative estimate of drug-likeness (QED) is 0.818. The third kappa shape index (κ3) is 5.05. The first-order valence-corrected chi connectivity index (χ1v) is 7.13. The van der Waals surface area contributed by atoms with Crippen LogP contribution in [0.25, 0.3) is 0 Å². The van der Waals surface area contributed by atoms with E-state index < -0.39 is 0 Å². The van der Waals surface area contributed by atoms with Crippen LogP contribution in [0.3, 0.4) is 0 Å². The van der Waals surface area contributed by atoms with Gasteiger partial charge in [-0.25, -0.2) is 0 Å². The monoisotopic (exact) mass is 330 g/mol. The molecule has 0 saturated carbocycles. The summed E-state index contributed by atoms with van der Waals surface area (Å²) in [5.41, 5.74) is 0.962. The molecule has 6 nitrogen and oxygen atoms in total. The van der Waals surface area contributed by atoms with Crippen LogP contribution in [0.2, 0.25) is 0 Å². The lowest BCUT2D eigenvalue weighted by atomic mass is 10.2. The number of morpholine rings is 1. The van der Waals surface area contributed by atoms with Crippen LogP contribution < -0.4 is 20.1 Å². The number of rotatable bonds is 6. The lowest BCUT2D eigenvalue weighted by Crippen LogP contribution is -2.51. The number of methoxy groups -OCH3 is 1. The number of halogens is 1. The van der Waals surface area contributed by atoms with Gasteiger partial charge in [0.2, 0.25) is 5.91 Å². The van der Waals surface area contributed by atoms with Crippen molar-refractivity contribution in [3.63, 3.8) is 0 Å². The van der Waals surface area contributed by atoms with Gasteiger partial charge in [0.05, 0.1) is 26.9 Å². The van der Waals surface area contributed by atoms with E-state index in [9.17, 15) is 4.79 Å². The van der Waals surface area contributed by atoms with Crippen molar-refractivity contribution in [1.82, 2.24) is 10.6 Å². The molecule has 1 unspecified atom stereocenters. The van der Waals surface area contributed by atoms with E-state index in [-0.39, 0.29) is 24.4 Å². The molecule has 1 aromatic rings. The van der Waals surface area contributed by atoms with Crippen LogP contribution in [0.4, 0.5) is 0 Å². The molecule has 0 radical (unpaired) electrons. The highest BCUT2D eigenvalue weighted by molar-refractivity contribution is 5.85. The Hall–Kier alpha value is -1.50. The van der Waals surface area contributed by atoms with E-state index in [2.05, 4.69) is 10.6 Å². The van der Waals surface area contributed by atoms with E-state index in [1.165, 1.54) is 0 Å². The highest BCUT2D eigenvalue weighted by Crippen LogP contribution is 2.27. The summed E-state index contributed by atoms with van der Waals surface area (Å²) in [6.07, 6.45) is 0. The molecule has 1 fully saturated rings. The molecule has 2 rings (SSSR count). The Kier molecular flexibility index (Phi) is 8.01. The molecule has 1 heterocycles. The van der Waals surface area contributed by atoms with Gasteiger partial charge < -0.3 is 24.8 Å². The van der Waals surface area contributed by atoms with Crippen LogP contribution in [0, 0.1) is 0 Å². The predicted molar refractivity (Wildman–Crippen MR) is 85.9 cm³/mol. The SMILES string of the molecule is CCOc1cc(CNC(=O)C2COCCN2)ccc1OC.Cl. The molecule has 1 saturated heterocycles. The van der Waals surface area contributed by atoms with Crippen molar-refractivity contribution in [1.29, 1.82) is 0 Å².